The van der Waals surface area contributed by atoms with E-state index < -0.39 is 5.54 Å². The summed E-state index contributed by atoms with van der Waals surface area (Å²) in [5, 5.41) is 12.5. The van der Waals surface area contributed by atoms with Gasteiger partial charge in [0.25, 0.3) is 0 Å². The number of hydrogen-bond acceptors (Lipinski definition) is 2. The number of rotatable bonds is 2. The highest BCUT2D eigenvalue weighted by Gasteiger charge is 2.42. The molecule has 2 unspecified atom stereocenters. The minimum atomic E-state index is -0.731. The lowest BCUT2D eigenvalue weighted by Crippen LogP contribution is -2.52. The van der Waals surface area contributed by atoms with Crippen LogP contribution in [-0.4, -0.2) is 11.4 Å². The van der Waals surface area contributed by atoms with Crippen LogP contribution in [0.5, 0.6) is 0 Å². The average molecular weight is 242 g/mol. The van der Waals surface area contributed by atoms with Gasteiger partial charge in [-0.15, -0.1) is 0 Å². The van der Waals surface area contributed by atoms with Gasteiger partial charge in [0.15, 0.2) is 0 Å². The highest BCUT2D eigenvalue weighted by atomic mass is 16.1. The zero-order valence-corrected chi connectivity index (χ0v) is 10.6. The number of hydrogen-bond donors (Lipinski definition) is 1. The molecule has 94 valence electrons. The van der Waals surface area contributed by atoms with Gasteiger partial charge in [-0.1, -0.05) is 36.8 Å². The van der Waals surface area contributed by atoms with Gasteiger partial charge in [-0.2, -0.15) is 5.26 Å². The molecule has 3 nitrogen and oxygen atoms in total. The van der Waals surface area contributed by atoms with Gasteiger partial charge in [0.2, 0.25) is 5.91 Å². The van der Waals surface area contributed by atoms with Crippen LogP contribution in [0.4, 0.5) is 0 Å². The van der Waals surface area contributed by atoms with E-state index in [0.717, 1.165) is 31.2 Å². The average Bonchev–Trinajstić information content (AvgIpc) is 2.39. The largest absolute Gasteiger partial charge is 0.338 e. The first-order valence-corrected chi connectivity index (χ1v) is 6.43. The molecule has 0 heterocycles. The van der Waals surface area contributed by atoms with E-state index in [1.165, 1.54) is 6.92 Å². The van der Waals surface area contributed by atoms with Crippen LogP contribution in [-0.2, 0) is 4.79 Å². The molecule has 1 aliphatic carbocycles. The number of nitrogens with one attached hydrogen (secondary N) is 1. The van der Waals surface area contributed by atoms with Crippen molar-refractivity contribution in [1.82, 2.24) is 5.32 Å². The number of amides is 1. The van der Waals surface area contributed by atoms with Crippen LogP contribution in [0.25, 0.3) is 0 Å². The summed E-state index contributed by atoms with van der Waals surface area (Å²) in [5.74, 6) is -0.0271. The van der Waals surface area contributed by atoms with Crippen LogP contribution in [0.3, 0.4) is 0 Å². The Morgan fingerprint density at radius 3 is 2.72 bits per heavy atom. The highest BCUT2D eigenvalue weighted by Crippen LogP contribution is 2.40. The summed E-state index contributed by atoms with van der Waals surface area (Å²) in [6.07, 6.45) is 3.81. The van der Waals surface area contributed by atoms with Crippen LogP contribution < -0.4 is 5.32 Å². The van der Waals surface area contributed by atoms with Crippen molar-refractivity contribution in [2.75, 3.05) is 0 Å². The van der Waals surface area contributed by atoms with Gasteiger partial charge in [-0.25, -0.2) is 0 Å². The summed E-state index contributed by atoms with van der Waals surface area (Å²) in [6, 6.07) is 12.4. The number of carbonyl (C=O) groups is 1. The zero-order valence-electron chi connectivity index (χ0n) is 10.6. The lowest BCUT2D eigenvalue weighted by atomic mass is 9.70. The Kier molecular flexibility index (Phi) is 3.66. The molecule has 0 aliphatic heterocycles. The molecule has 0 radical (unpaired) electrons. The molecular weight excluding hydrogens is 224 g/mol. The van der Waals surface area contributed by atoms with Crippen molar-refractivity contribution in [2.24, 2.45) is 0 Å². The molecule has 1 aromatic rings. The predicted octanol–water partition coefficient (Wildman–Crippen LogP) is 2.74. The predicted molar refractivity (Wildman–Crippen MR) is 69.8 cm³/mol. The summed E-state index contributed by atoms with van der Waals surface area (Å²) < 4.78 is 0. The van der Waals surface area contributed by atoms with Gasteiger partial charge in [0.1, 0.15) is 5.54 Å². The molecular formula is C15H18N2O. The fourth-order valence-corrected chi connectivity index (χ4v) is 2.93. The van der Waals surface area contributed by atoms with Crippen molar-refractivity contribution in [1.29, 1.82) is 5.26 Å². The van der Waals surface area contributed by atoms with E-state index in [1.54, 1.807) is 0 Å². The van der Waals surface area contributed by atoms with Crippen molar-refractivity contribution >= 4 is 5.91 Å². The van der Waals surface area contributed by atoms with E-state index in [4.69, 9.17) is 0 Å². The highest BCUT2D eigenvalue weighted by molar-refractivity contribution is 5.74. The fourth-order valence-electron chi connectivity index (χ4n) is 2.93. The SMILES string of the molecule is CC(=O)NC1(C#N)CCCCC1c1ccccc1. The van der Waals surface area contributed by atoms with Gasteiger partial charge in [0.05, 0.1) is 6.07 Å². The molecule has 0 bridgehead atoms. The van der Waals surface area contributed by atoms with E-state index in [9.17, 15) is 10.1 Å². The Bertz CT molecular complexity index is 463. The van der Waals surface area contributed by atoms with E-state index >= 15 is 0 Å². The van der Waals surface area contributed by atoms with Gasteiger partial charge in [0, 0.05) is 12.8 Å². The summed E-state index contributed by atoms with van der Waals surface area (Å²) >= 11 is 0. The Morgan fingerprint density at radius 2 is 2.11 bits per heavy atom. The number of carbonyl (C=O) groups excluding carboxylic acids is 1. The summed E-state index contributed by atoms with van der Waals surface area (Å²) in [6.45, 7) is 1.48. The Labute approximate surface area is 108 Å². The molecule has 1 amide bonds. The molecule has 1 N–H and O–H groups in total. The standard InChI is InChI=1S/C15H18N2O/c1-12(18)17-15(11-16)10-6-5-9-14(15)13-7-3-2-4-8-13/h2-4,7-8,14H,5-6,9-10H2,1H3,(H,17,18). The monoisotopic (exact) mass is 242 g/mol. The van der Waals surface area contributed by atoms with Crippen molar-refractivity contribution in [3.05, 3.63) is 35.9 Å². The van der Waals surface area contributed by atoms with E-state index in [1.807, 2.05) is 30.3 Å². The zero-order chi connectivity index (χ0) is 13.0. The van der Waals surface area contributed by atoms with E-state index in [-0.39, 0.29) is 11.8 Å². The Balaban J connectivity index is 2.36. The first kappa shape index (κ1) is 12.6. The fraction of sp³-hybridized carbons (Fsp3) is 0.467. The second-order valence-corrected chi connectivity index (χ2v) is 4.97. The minimum absolute atomic E-state index is 0.0985. The number of nitriles is 1. The molecule has 3 heteroatoms. The van der Waals surface area contributed by atoms with Gasteiger partial charge < -0.3 is 5.32 Å². The lowest BCUT2D eigenvalue weighted by molar-refractivity contribution is -0.120. The van der Waals surface area contributed by atoms with Crippen molar-refractivity contribution < 1.29 is 4.79 Å². The Hall–Kier alpha value is -1.82. The third-order valence-electron chi connectivity index (χ3n) is 3.71. The van der Waals surface area contributed by atoms with Crippen LogP contribution in [0, 0.1) is 11.3 Å². The number of benzene rings is 1. The van der Waals surface area contributed by atoms with E-state index in [0.29, 0.717) is 0 Å². The Morgan fingerprint density at radius 1 is 1.39 bits per heavy atom. The second kappa shape index (κ2) is 5.22. The van der Waals surface area contributed by atoms with Gasteiger partial charge in [-0.05, 0) is 24.8 Å². The smallest absolute Gasteiger partial charge is 0.218 e. The summed E-state index contributed by atoms with van der Waals surface area (Å²) in [5.41, 5.74) is 0.415. The second-order valence-electron chi connectivity index (χ2n) is 4.97. The van der Waals surface area contributed by atoms with Crippen LogP contribution >= 0.6 is 0 Å². The molecule has 2 atom stereocenters. The first-order chi connectivity index (χ1) is 8.68. The van der Waals surface area contributed by atoms with Crippen molar-refractivity contribution in [3.63, 3.8) is 0 Å². The maximum absolute atomic E-state index is 11.4. The molecule has 1 fully saturated rings. The van der Waals surface area contributed by atoms with Crippen LogP contribution in [0.15, 0.2) is 30.3 Å². The molecule has 1 aromatic carbocycles. The molecule has 0 aromatic heterocycles. The third-order valence-corrected chi connectivity index (χ3v) is 3.71. The van der Waals surface area contributed by atoms with Gasteiger partial charge in [-0.3, -0.25) is 4.79 Å². The maximum atomic E-state index is 11.4. The summed E-state index contributed by atoms with van der Waals surface area (Å²) in [7, 11) is 0. The van der Waals surface area contributed by atoms with E-state index in [2.05, 4.69) is 11.4 Å². The molecule has 1 saturated carbocycles. The minimum Gasteiger partial charge on any atom is -0.338 e. The molecule has 0 spiro atoms. The molecule has 0 saturated heterocycles. The topological polar surface area (TPSA) is 52.9 Å². The maximum Gasteiger partial charge on any atom is 0.218 e. The van der Waals surface area contributed by atoms with Crippen LogP contribution in [0.1, 0.15) is 44.1 Å². The first-order valence-electron chi connectivity index (χ1n) is 6.43. The van der Waals surface area contributed by atoms with Crippen molar-refractivity contribution in [2.45, 2.75) is 44.1 Å². The molecule has 2 rings (SSSR count). The quantitative estimate of drug-likeness (QED) is 0.867. The van der Waals surface area contributed by atoms with Gasteiger partial charge >= 0.3 is 0 Å². The number of nitrogens with zero attached hydrogens (tertiary/aromatic N) is 1. The van der Waals surface area contributed by atoms with Crippen molar-refractivity contribution in [3.8, 4) is 6.07 Å². The summed E-state index contributed by atoms with van der Waals surface area (Å²) in [4.78, 5) is 11.4. The lowest BCUT2D eigenvalue weighted by Gasteiger charge is -2.39. The molecule has 18 heavy (non-hydrogen) atoms. The normalized spacial score (nSPS) is 27.2. The third kappa shape index (κ3) is 2.38. The molecule has 1 aliphatic rings. The van der Waals surface area contributed by atoms with Crippen LogP contribution in [0.2, 0.25) is 0 Å².